The summed E-state index contributed by atoms with van der Waals surface area (Å²) in [5, 5.41) is 17.2. The summed E-state index contributed by atoms with van der Waals surface area (Å²) in [6.45, 7) is 8.13. The van der Waals surface area contributed by atoms with E-state index in [1.165, 1.54) is 0 Å². The molecule has 0 aliphatic carbocycles. The highest BCUT2D eigenvalue weighted by molar-refractivity contribution is 6.35. The summed E-state index contributed by atoms with van der Waals surface area (Å²) in [5.41, 5.74) is 8.58. The van der Waals surface area contributed by atoms with Gasteiger partial charge in [-0.15, -0.1) is 0 Å². The van der Waals surface area contributed by atoms with Gasteiger partial charge in [0, 0.05) is 64.3 Å². The molecular weight excluding hydrogens is 711 g/mol. The highest BCUT2D eigenvalue weighted by atomic mass is 16.5. The Morgan fingerprint density at radius 1 is 0.804 bits per heavy atom. The Hall–Kier alpha value is -6.17. The number of H-pyrrole nitrogens is 2. The number of nitrogens with one attached hydrogen (secondary N) is 5. The van der Waals surface area contributed by atoms with Crippen molar-refractivity contribution in [2.75, 3.05) is 16.0 Å². The van der Waals surface area contributed by atoms with Crippen LogP contribution in [-0.4, -0.2) is 44.7 Å². The number of fused-ring (bicyclic) bond motifs is 2. The molecule has 2 aromatic heterocycles. The Kier molecular flexibility index (Phi) is 14.2. The first kappa shape index (κ1) is 41.0. The molecule has 0 atom stereocenters. The molecule has 2 aromatic carbocycles. The van der Waals surface area contributed by atoms with Gasteiger partial charge in [-0.25, -0.2) is 0 Å². The number of carbonyl (C=O) groups excluding carboxylic acids is 4. The lowest BCUT2D eigenvalue weighted by molar-refractivity contribution is -0.139. The third-order valence-electron chi connectivity index (χ3n) is 9.63. The van der Waals surface area contributed by atoms with Crippen molar-refractivity contribution in [3.8, 4) is 5.75 Å². The number of aromatic nitrogens is 2. The van der Waals surface area contributed by atoms with Crippen molar-refractivity contribution in [1.82, 2.24) is 9.97 Å². The molecule has 0 fully saturated rings. The Morgan fingerprint density at radius 3 is 2.05 bits per heavy atom. The second-order valence-corrected chi connectivity index (χ2v) is 14.2. The normalized spacial score (nSPS) is 14.2. The standard InChI is InChI=1S/C23H28N2O3.C21H23N3O4/c1-5-7-16(8-6-2)23(27)28-17-9-10-20-18(12-17)19(22(26)25-20)13-21-14(3)11-15(4)24-21;25-19(7-3-1-2-4-8-20(26)27)23-15-9-10-18-16(13-15)17(21(28)24-18)12-14-6-5-11-22-14/h9-13,16,24H,5-8H2,1-4H3,(H,25,26);5-6,9-13,22H,1-4,7-8H2,(H,23,25)(H,24,28)(H,26,27)/b19-13-;17-12-. The fourth-order valence-corrected chi connectivity index (χ4v) is 6.83. The number of hydrogen-bond acceptors (Lipinski definition) is 6. The van der Waals surface area contributed by atoms with Gasteiger partial charge in [0.15, 0.2) is 0 Å². The van der Waals surface area contributed by atoms with E-state index in [0.717, 1.165) is 83.7 Å². The molecule has 294 valence electrons. The summed E-state index contributed by atoms with van der Waals surface area (Å²) in [6.07, 6.45) is 12.5. The van der Waals surface area contributed by atoms with Crippen molar-refractivity contribution in [2.45, 2.75) is 91.9 Å². The van der Waals surface area contributed by atoms with Crippen molar-refractivity contribution in [1.29, 1.82) is 0 Å². The number of aromatic amines is 2. The molecule has 0 unspecified atom stereocenters. The Bertz CT molecular complexity index is 2120. The lowest BCUT2D eigenvalue weighted by Gasteiger charge is -2.14. The van der Waals surface area contributed by atoms with Crippen LogP contribution < -0.4 is 20.7 Å². The number of aryl methyl sites for hydroxylation is 2. The number of unbranched alkanes of at least 4 members (excludes halogenated alkanes) is 3. The van der Waals surface area contributed by atoms with E-state index >= 15 is 0 Å². The molecule has 0 spiro atoms. The zero-order valence-corrected chi connectivity index (χ0v) is 32.5. The number of carbonyl (C=O) groups is 5. The molecule has 0 saturated heterocycles. The zero-order valence-electron chi connectivity index (χ0n) is 32.5. The first-order valence-corrected chi connectivity index (χ1v) is 19.3. The summed E-state index contributed by atoms with van der Waals surface area (Å²) in [6, 6.07) is 16.4. The SMILES string of the molecule is CCCC(CCC)C(=O)Oc1ccc2c(c1)/C(=C/c1[nH]c(C)cc1C)C(=O)N2.O=C(O)CCCCCCC(=O)Nc1ccc2c(c1)/C(=C/c1ccc[nH]1)C(=O)N2. The van der Waals surface area contributed by atoms with Gasteiger partial charge in [-0.2, -0.15) is 0 Å². The summed E-state index contributed by atoms with van der Waals surface area (Å²) >= 11 is 0. The van der Waals surface area contributed by atoms with E-state index in [-0.39, 0.29) is 36.0 Å². The summed E-state index contributed by atoms with van der Waals surface area (Å²) in [7, 11) is 0. The van der Waals surface area contributed by atoms with E-state index < -0.39 is 5.97 Å². The minimum absolute atomic E-state index is 0.0810. The van der Waals surface area contributed by atoms with Crippen LogP contribution in [0.5, 0.6) is 5.75 Å². The molecule has 3 amide bonds. The molecule has 6 rings (SSSR count). The van der Waals surface area contributed by atoms with Crippen LogP contribution in [0.4, 0.5) is 17.1 Å². The van der Waals surface area contributed by atoms with Crippen LogP contribution in [0.1, 0.15) is 112 Å². The minimum atomic E-state index is -0.785. The van der Waals surface area contributed by atoms with Crippen LogP contribution in [0.15, 0.2) is 60.8 Å². The smallest absolute Gasteiger partial charge is 0.314 e. The predicted molar refractivity (Wildman–Crippen MR) is 220 cm³/mol. The number of carboxylic acids is 1. The maximum Gasteiger partial charge on any atom is 0.314 e. The second-order valence-electron chi connectivity index (χ2n) is 14.2. The van der Waals surface area contributed by atoms with Crippen molar-refractivity contribution < 1.29 is 33.8 Å². The number of hydrogen-bond donors (Lipinski definition) is 6. The van der Waals surface area contributed by atoms with E-state index in [0.29, 0.717) is 41.8 Å². The molecule has 12 heteroatoms. The summed E-state index contributed by atoms with van der Waals surface area (Å²) in [4.78, 5) is 66.2. The van der Waals surface area contributed by atoms with Crippen molar-refractivity contribution >= 4 is 70.0 Å². The fraction of sp³-hybridized carbons (Fsp3) is 0.341. The third kappa shape index (κ3) is 11.0. The van der Waals surface area contributed by atoms with Crippen LogP contribution in [0.25, 0.3) is 23.3 Å². The van der Waals surface area contributed by atoms with Gasteiger partial charge < -0.3 is 35.8 Å². The molecule has 2 aliphatic heterocycles. The van der Waals surface area contributed by atoms with E-state index in [2.05, 4.69) is 39.8 Å². The average Bonchev–Trinajstić information content (AvgIpc) is 3.93. The van der Waals surface area contributed by atoms with Crippen LogP contribution in [-0.2, 0) is 24.0 Å². The topological polar surface area (TPSA) is 182 Å². The van der Waals surface area contributed by atoms with Crippen LogP contribution in [0.3, 0.4) is 0 Å². The van der Waals surface area contributed by atoms with Gasteiger partial charge in [-0.05, 0) is 112 Å². The predicted octanol–water partition coefficient (Wildman–Crippen LogP) is 9.12. The molecular formula is C44H51N5O7. The van der Waals surface area contributed by atoms with E-state index in [1.54, 1.807) is 48.7 Å². The van der Waals surface area contributed by atoms with Gasteiger partial charge >= 0.3 is 11.9 Å². The number of aliphatic carboxylic acids is 1. The zero-order chi connectivity index (χ0) is 40.2. The van der Waals surface area contributed by atoms with Crippen molar-refractivity contribution in [2.24, 2.45) is 5.92 Å². The van der Waals surface area contributed by atoms with Crippen LogP contribution in [0, 0.1) is 19.8 Å². The van der Waals surface area contributed by atoms with Gasteiger partial charge in [-0.1, -0.05) is 39.5 Å². The van der Waals surface area contributed by atoms with E-state index in [4.69, 9.17) is 9.84 Å². The van der Waals surface area contributed by atoms with E-state index in [1.807, 2.05) is 38.1 Å². The highest BCUT2D eigenvalue weighted by Gasteiger charge is 2.27. The number of benzene rings is 2. The molecule has 0 bridgehead atoms. The third-order valence-corrected chi connectivity index (χ3v) is 9.63. The quantitative estimate of drug-likeness (QED) is 0.0285. The second kappa shape index (κ2) is 19.4. The lowest BCUT2D eigenvalue weighted by atomic mass is 9.98. The lowest BCUT2D eigenvalue weighted by Crippen LogP contribution is -2.20. The number of amides is 3. The number of anilines is 3. The van der Waals surface area contributed by atoms with Gasteiger partial charge in [0.05, 0.1) is 17.1 Å². The van der Waals surface area contributed by atoms with Crippen molar-refractivity contribution in [3.63, 3.8) is 0 Å². The largest absolute Gasteiger partial charge is 0.481 e. The maximum atomic E-state index is 12.6. The Morgan fingerprint density at radius 2 is 1.45 bits per heavy atom. The summed E-state index contributed by atoms with van der Waals surface area (Å²) < 4.78 is 5.66. The molecule has 0 saturated carbocycles. The van der Waals surface area contributed by atoms with E-state index in [9.17, 15) is 24.0 Å². The van der Waals surface area contributed by atoms with Gasteiger partial charge in [0.1, 0.15) is 5.75 Å². The maximum absolute atomic E-state index is 12.6. The minimum Gasteiger partial charge on any atom is -0.481 e. The molecule has 4 aromatic rings. The van der Waals surface area contributed by atoms with Gasteiger partial charge in [0.25, 0.3) is 11.8 Å². The fourth-order valence-electron chi connectivity index (χ4n) is 6.83. The number of carboxylic acid groups (broad SMARTS) is 1. The molecule has 4 heterocycles. The van der Waals surface area contributed by atoms with Crippen LogP contribution >= 0.6 is 0 Å². The number of esters is 1. The van der Waals surface area contributed by atoms with Crippen molar-refractivity contribution in [3.05, 3.63) is 94.6 Å². The number of ether oxygens (including phenoxy) is 1. The number of rotatable bonds is 16. The molecule has 2 aliphatic rings. The monoisotopic (exact) mass is 761 g/mol. The molecule has 0 radical (unpaired) electrons. The molecule has 12 nitrogen and oxygen atoms in total. The van der Waals surface area contributed by atoms with Crippen LogP contribution in [0.2, 0.25) is 0 Å². The van der Waals surface area contributed by atoms with Gasteiger partial charge in [-0.3, -0.25) is 24.0 Å². The summed E-state index contributed by atoms with van der Waals surface area (Å²) in [5.74, 6) is -1.00. The first-order chi connectivity index (χ1) is 26.9. The first-order valence-electron chi connectivity index (χ1n) is 19.3. The highest BCUT2D eigenvalue weighted by Crippen LogP contribution is 2.37. The van der Waals surface area contributed by atoms with Gasteiger partial charge in [0.2, 0.25) is 5.91 Å². The Balaban J connectivity index is 0.000000214. The molecule has 6 N–H and O–H groups in total. The Labute approximate surface area is 327 Å². The molecule has 56 heavy (non-hydrogen) atoms. The average molecular weight is 762 g/mol.